The first-order chi connectivity index (χ1) is 17.2. The fourth-order valence-corrected chi connectivity index (χ4v) is 4.65. The van der Waals surface area contributed by atoms with Crippen molar-refractivity contribution < 1.29 is 35.9 Å². The topological polar surface area (TPSA) is 74.7 Å². The van der Waals surface area contributed by atoms with E-state index in [1.807, 2.05) is 13.0 Å². The van der Waals surface area contributed by atoms with Crippen molar-refractivity contribution in [3.63, 3.8) is 0 Å². The van der Waals surface area contributed by atoms with Crippen molar-refractivity contribution in [1.82, 2.24) is 4.90 Å². The van der Waals surface area contributed by atoms with E-state index in [0.29, 0.717) is 6.54 Å². The molecular weight excluding hydrogens is 510 g/mol. The van der Waals surface area contributed by atoms with Crippen molar-refractivity contribution in [2.24, 2.45) is 0 Å². The van der Waals surface area contributed by atoms with Crippen molar-refractivity contribution in [2.75, 3.05) is 18.6 Å². The number of rotatable bonds is 6. The van der Waals surface area contributed by atoms with Crippen LogP contribution in [0.5, 0.6) is 0 Å². The zero-order valence-corrected chi connectivity index (χ0v) is 22.0. The van der Waals surface area contributed by atoms with E-state index in [4.69, 9.17) is 9.90 Å². The highest BCUT2D eigenvalue weighted by atomic mass is 32.2. The summed E-state index contributed by atoms with van der Waals surface area (Å²) in [4.78, 5) is 11.2. The number of hydrogen-bond donors (Lipinski definition) is 1. The highest BCUT2D eigenvalue weighted by molar-refractivity contribution is 7.90. The molecule has 3 rings (SSSR count). The molecule has 0 fully saturated rings. The average molecular weight is 544 g/mol. The molecule has 2 aliphatic rings. The van der Waals surface area contributed by atoms with E-state index in [9.17, 15) is 26.0 Å². The van der Waals surface area contributed by atoms with Gasteiger partial charge in [-0.25, -0.2) is 12.8 Å². The Bertz CT molecular complexity index is 1140. The van der Waals surface area contributed by atoms with E-state index in [1.165, 1.54) is 23.4 Å². The number of terminal acetylenes is 1. The first kappa shape index (κ1) is 32.0. The molecule has 0 saturated carbocycles. The van der Waals surface area contributed by atoms with E-state index in [2.05, 4.69) is 17.7 Å². The number of aliphatic carboxylic acids is 1. The third kappa shape index (κ3) is 10.4. The van der Waals surface area contributed by atoms with Crippen LogP contribution in [0, 0.1) is 12.8 Å². The predicted octanol–water partition coefficient (Wildman–Crippen LogP) is 6.46. The highest BCUT2D eigenvalue weighted by Gasteiger charge is 2.33. The average Bonchev–Trinajstić information content (AvgIpc) is 3.20. The molecule has 1 aliphatic carbocycles. The summed E-state index contributed by atoms with van der Waals surface area (Å²) in [5.41, 5.74) is 3.54. The normalized spacial score (nSPS) is 17.8. The first-order valence-electron chi connectivity index (χ1n) is 11.6. The van der Waals surface area contributed by atoms with Crippen LogP contribution in [0.3, 0.4) is 0 Å². The van der Waals surface area contributed by atoms with Crippen molar-refractivity contribution in [3.8, 4) is 12.8 Å². The van der Waals surface area contributed by atoms with E-state index in [-0.39, 0.29) is 18.2 Å². The van der Waals surface area contributed by atoms with Crippen molar-refractivity contribution >= 4 is 15.8 Å². The Morgan fingerprint density at radius 2 is 1.70 bits per heavy atom. The lowest BCUT2D eigenvalue weighted by molar-refractivity contribution is -0.137. The smallest absolute Gasteiger partial charge is 0.416 e. The summed E-state index contributed by atoms with van der Waals surface area (Å²) in [5, 5.41) is 7.42. The van der Waals surface area contributed by atoms with E-state index >= 15 is 0 Å². The molecule has 1 aromatic carbocycles. The van der Waals surface area contributed by atoms with Crippen LogP contribution in [0.15, 0.2) is 59.1 Å². The molecule has 1 N–H and O–H groups in total. The van der Waals surface area contributed by atoms with Crippen LogP contribution >= 0.6 is 0 Å². The maximum Gasteiger partial charge on any atom is 0.416 e. The van der Waals surface area contributed by atoms with Crippen molar-refractivity contribution in [3.05, 3.63) is 70.2 Å². The van der Waals surface area contributed by atoms with Gasteiger partial charge in [0.2, 0.25) is 0 Å². The number of benzene rings is 1. The minimum Gasteiger partial charge on any atom is -0.481 e. The summed E-state index contributed by atoms with van der Waals surface area (Å²) in [7, 11) is -3.26. The third-order valence-corrected chi connectivity index (χ3v) is 6.62. The molecule has 0 spiro atoms. The van der Waals surface area contributed by atoms with Crippen LogP contribution in [-0.4, -0.2) is 42.9 Å². The quantitative estimate of drug-likeness (QED) is 0.329. The second-order valence-corrected chi connectivity index (χ2v) is 10.9. The number of carboxylic acid groups (broad SMARTS) is 1. The Hall–Kier alpha value is -3.06. The molecule has 0 unspecified atom stereocenters. The van der Waals surface area contributed by atoms with Gasteiger partial charge in [-0.15, -0.1) is 12.8 Å². The molecule has 0 bridgehead atoms. The van der Waals surface area contributed by atoms with Gasteiger partial charge in [0.25, 0.3) is 5.97 Å². The van der Waals surface area contributed by atoms with Crippen LogP contribution in [-0.2, 0) is 20.8 Å². The summed E-state index contributed by atoms with van der Waals surface area (Å²) in [6.07, 6.45) is 11.5. The van der Waals surface area contributed by atoms with Crippen molar-refractivity contribution in [2.45, 2.75) is 58.2 Å². The second-order valence-electron chi connectivity index (χ2n) is 8.75. The van der Waals surface area contributed by atoms with Gasteiger partial charge in [-0.1, -0.05) is 18.2 Å². The SMILES string of the molecule is C#C.CC(=O)O.C[C@@H](c1ccc(C(F)(F)F)cc1)N1C/C(=C\C/C(F)=C\CS(C)(=O)=O)C2=C1CCCC2. The number of hydrogen-bond acceptors (Lipinski definition) is 4. The Labute approximate surface area is 216 Å². The number of allylic oxidation sites excluding steroid dienone is 3. The molecule has 1 atom stereocenters. The van der Waals surface area contributed by atoms with Crippen LogP contribution in [0.2, 0.25) is 0 Å². The van der Waals surface area contributed by atoms with Crippen LogP contribution in [0.25, 0.3) is 0 Å². The maximum atomic E-state index is 14.1. The van der Waals surface area contributed by atoms with Gasteiger partial charge in [0.15, 0.2) is 9.84 Å². The molecular formula is C27H33F4NO4S. The minimum atomic E-state index is -4.36. The molecule has 1 aromatic rings. The zero-order valence-electron chi connectivity index (χ0n) is 21.2. The Balaban J connectivity index is 0.00000104. The van der Waals surface area contributed by atoms with Gasteiger partial charge >= 0.3 is 6.18 Å². The minimum absolute atomic E-state index is 0.0319. The predicted molar refractivity (Wildman–Crippen MR) is 137 cm³/mol. The number of carbonyl (C=O) groups is 1. The van der Waals surface area contributed by atoms with Crippen LogP contribution in [0.1, 0.15) is 63.1 Å². The van der Waals surface area contributed by atoms with Gasteiger partial charge in [-0.05, 0) is 67.5 Å². The molecule has 0 radical (unpaired) electrons. The van der Waals surface area contributed by atoms with E-state index < -0.39 is 33.4 Å². The maximum absolute atomic E-state index is 14.1. The van der Waals surface area contributed by atoms with Gasteiger partial charge < -0.3 is 10.0 Å². The number of carboxylic acids is 1. The highest BCUT2D eigenvalue weighted by Crippen LogP contribution is 2.43. The number of halogens is 4. The lowest BCUT2D eigenvalue weighted by Crippen LogP contribution is -2.24. The molecule has 0 amide bonds. The largest absolute Gasteiger partial charge is 0.481 e. The molecule has 37 heavy (non-hydrogen) atoms. The number of sulfone groups is 1. The fourth-order valence-electron chi connectivity index (χ4n) is 4.16. The molecule has 5 nitrogen and oxygen atoms in total. The Kier molecular flexibility index (Phi) is 12.1. The number of nitrogens with zero attached hydrogens (tertiary/aromatic N) is 1. The first-order valence-corrected chi connectivity index (χ1v) is 13.7. The molecule has 0 aromatic heterocycles. The summed E-state index contributed by atoms with van der Waals surface area (Å²) < 4.78 is 75.1. The Morgan fingerprint density at radius 1 is 1.16 bits per heavy atom. The summed E-state index contributed by atoms with van der Waals surface area (Å²) >= 11 is 0. The standard InChI is InChI=1S/C23H27F4NO2S.C2H4O2.C2H2/c1-16(17-7-10-19(11-8-17)23(25,26)27)28-15-18(21-5-3-4-6-22(21)28)9-12-20(24)13-14-31(2,29)30;1-2(3)4;1-2/h7-11,13,16H,3-6,12,14-15H2,1-2H3;1H3,(H,3,4);1-2H/b18-9+,20-13+;;/t16-;;/m0../s1. The van der Waals surface area contributed by atoms with Gasteiger partial charge in [0.1, 0.15) is 5.83 Å². The van der Waals surface area contributed by atoms with Gasteiger partial charge in [0.05, 0.1) is 17.4 Å². The molecule has 0 saturated heterocycles. The number of alkyl halides is 3. The third-order valence-electron chi connectivity index (χ3n) is 5.85. The van der Waals surface area contributed by atoms with E-state index in [0.717, 1.165) is 68.2 Å². The zero-order chi connectivity index (χ0) is 28.4. The monoisotopic (exact) mass is 543 g/mol. The second kappa shape index (κ2) is 14.0. The van der Waals surface area contributed by atoms with Gasteiger partial charge in [-0.2, -0.15) is 13.2 Å². The van der Waals surface area contributed by atoms with Gasteiger partial charge in [0, 0.05) is 31.8 Å². The van der Waals surface area contributed by atoms with E-state index in [1.54, 1.807) is 0 Å². The summed E-state index contributed by atoms with van der Waals surface area (Å²) in [5.74, 6) is -1.64. The Morgan fingerprint density at radius 3 is 2.22 bits per heavy atom. The molecule has 1 aliphatic heterocycles. The molecule has 1 heterocycles. The van der Waals surface area contributed by atoms with Crippen LogP contribution < -0.4 is 0 Å². The summed E-state index contributed by atoms with van der Waals surface area (Å²) in [6, 6.07) is 5.15. The van der Waals surface area contributed by atoms with Crippen molar-refractivity contribution in [1.29, 1.82) is 0 Å². The lowest BCUT2D eigenvalue weighted by atomic mass is 9.93. The molecule has 204 valence electrons. The lowest BCUT2D eigenvalue weighted by Gasteiger charge is -2.31. The van der Waals surface area contributed by atoms with Crippen LogP contribution in [0.4, 0.5) is 17.6 Å². The molecule has 10 heteroatoms. The fraction of sp³-hybridized carbons (Fsp3) is 0.444. The van der Waals surface area contributed by atoms with Gasteiger partial charge in [-0.3, -0.25) is 4.79 Å². The summed E-state index contributed by atoms with van der Waals surface area (Å²) in [6.45, 7) is 3.63.